The number of hydrogen-bond donors (Lipinski definition) is 6. The van der Waals surface area contributed by atoms with Crippen molar-refractivity contribution < 1.29 is 78.5 Å². The fraction of sp³-hybridized carbons (Fsp3) is 0.333. The lowest BCUT2D eigenvalue weighted by atomic mass is 10.2. The minimum absolute atomic E-state index is 0.422. The third kappa shape index (κ3) is 15.4. The van der Waals surface area contributed by atoms with E-state index in [2.05, 4.69) is 22.6 Å². The first-order valence-electron chi connectivity index (χ1n) is 8.58. The summed E-state index contributed by atoms with van der Waals surface area (Å²) in [6.45, 7) is 6.23. The number of ether oxygens (including phenoxy) is 2. The lowest BCUT2D eigenvalue weighted by Gasteiger charge is -2.09. The van der Waals surface area contributed by atoms with Gasteiger partial charge in [0.2, 0.25) is 0 Å². The highest BCUT2D eigenvalue weighted by molar-refractivity contribution is 6.04. The van der Waals surface area contributed by atoms with Gasteiger partial charge in [0, 0.05) is 11.1 Å². The summed E-state index contributed by atoms with van der Waals surface area (Å²) in [5, 5.41) is 50.9. The molecule has 0 aliphatic heterocycles. The Morgan fingerprint density at radius 3 is 1.09 bits per heavy atom. The van der Waals surface area contributed by atoms with Crippen LogP contribution in [-0.2, 0) is 47.8 Å². The predicted octanol–water partition coefficient (Wildman–Crippen LogP) is -2.15. The standard InChI is InChI=1S/C10H10O7.C8H10O9/c1-5(3-7(11)12)9(15)17-10(16)6(2)4-8(13)14;9-3(1-5(11)12)7(15)17-8(16)4(10)2-6(13)14/h1-4H2,(H,11,12)(H,13,14);3-4,9-10H,1-2H2,(H,11,12)(H,13,14). The highest BCUT2D eigenvalue weighted by Gasteiger charge is 2.27. The van der Waals surface area contributed by atoms with Crippen LogP contribution in [-0.4, -0.2) is 90.6 Å². The van der Waals surface area contributed by atoms with E-state index in [1.807, 2.05) is 0 Å². The van der Waals surface area contributed by atoms with Gasteiger partial charge >= 0.3 is 47.8 Å². The molecular weight excluding hydrogens is 472 g/mol. The molecule has 0 radical (unpaired) electrons. The van der Waals surface area contributed by atoms with Gasteiger partial charge in [0.05, 0.1) is 25.7 Å². The molecule has 0 spiro atoms. The number of carbonyl (C=O) groups excluding carboxylic acids is 4. The van der Waals surface area contributed by atoms with Gasteiger partial charge in [-0.25, -0.2) is 19.2 Å². The Bertz CT molecular complexity index is 812. The van der Waals surface area contributed by atoms with E-state index in [0.717, 1.165) is 0 Å². The van der Waals surface area contributed by atoms with E-state index >= 15 is 0 Å². The second-order valence-electron chi connectivity index (χ2n) is 5.99. The molecule has 0 fully saturated rings. The van der Waals surface area contributed by atoms with Gasteiger partial charge in [-0.15, -0.1) is 0 Å². The van der Waals surface area contributed by atoms with E-state index in [9.17, 15) is 38.4 Å². The number of rotatable bonds is 12. The molecule has 0 aliphatic rings. The highest BCUT2D eigenvalue weighted by Crippen LogP contribution is 2.06. The molecule has 0 aliphatic carbocycles. The van der Waals surface area contributed by atoms with Gasteiger partial charge in [-0.05, 0) is 0 Å². The maximum absolute atomic E-state index is 11.1. The van der Waals surface area contributed by atoms with Crippen molar-refractivity contribution in [3.05, 3.63) is 24.3 Å². The van der Waals surface area contributed by atoms with Gasteiger partial charge in [-0.2, -0.15) is 0 Å². The number of aliphatic hydroxyl groups excluding tert-OH is 2. The highest BCUT2D eigenvalue weighted by atomic mass is 16.6. The molecule has 188 valence electrons. The van der Waals surface area contributed by atoms with Crippen molar-refractivity contribution in [3.8, 4) is 0 Å². The average molecular weight is 492 g/mol. The van der Waals surface area contributed by atoms with E-state index < -0.39 is 96.8 Å². The van der Waals surface area contributed by atoms with Crippen molar-refractivity contribution in [2.75, 3.05) is 0 Å². The molecule has 0 amide bonds. The lowest BCUT2D eigenvalue weighted by Crippen LogP contribution is -2.33. The van der Waals surface area contributed by atoms with Crippen LogP contribution in [0.4, 0.5) is 0 Å². The number of aliphatic hydroxyl groups is 2. The van der Waals surface area contributed by atoms with Crippen LogP contribution in [0.1, 0.15) is 25.7 Å². The maximum atomic E-state index is 11.1. The second-order valence-corrected chi connectivity index (χ2v) is 5.99. The molecular formula is C18H20O16. The molecule has 34 heavy (non-hydrogen) atoms. The van der Waals surface area contributed by atoms with Gasteiger partial charge in [0.25, 0.3) is 0 Å². The Morgan fingerprint density at radius 2 is 0.853 bits per heavy atom. The van der Waals surface area contributed by atoms with Crippen molar-refractivity contribution in [1.82, 2.24) is 0 Å². The molecule has 0 bridgehead atoms. The van der Waals surface area contributed by atoms with Crippen molar-refractivity contribution in [2.45, 2.75) is 37.9 Å². The summed E-state index contributed by atoms with van der Waals surface area (Å²) >= 11 is 0. The van der Waals surface area contributed by atoms with Crippen LogP contribution in [0.3, 0.4) is 0 Å². The number of carbonyl (C=O) groups is 8. The van der Waals surface area contributed by atoms with Crippen molar-refractivity contribution in [2.24, 2.45) is 0 Å². The summed E-state index contributed by atoms with van der Waals surface area (Å²) in [5.74, 6) is -11.2. The smallest absolute Gasteiger partial charge is 0.343 e. The Balaban J connectivity index is 0. The predicted molar refractivity (Wildman–Crippen MR) is 102 cm³/mol. The van der Waals surface area contributed by atoms with Crippen molar-refractivity contribution in [3.63, 3.8) is 0 Å². The molecule has 0 saturated heterocycles. The third-order valence-electron chi connectivity index (χ3n) is 2.97. The van der Waals surface area contributed by atoms with E-state index in [-0.39, 0.29) is 0 Å². The van der Waals surface area contributed by atoms with Crippen LogP contribution < -0.4 is 0 Å². The normalized spacial score (nSPS) is 11.4. The molecule has 0 saturated carbocycles. The molecule has 0 aromatic carbocycles. The first kappa shape index (κ1) is 31.7. The molecule has 16 nitrogen and oxygen atoms in total. The zero-order chi connectivity index (χ0) is 27.2. The van der Waals surface area contributed by atoms with Gasteiger partial charge in [-0.1, -0.05) is 13.2 Å². The number of carboxylic acid groups (broad SMARTS) is 4. The van der Waals surface area contributed by atoms with Gasteiger partial charge in [0.15, 0.2) is 12.2 Å². The monoisotopic (exact) mass is 492 g/mol. The summed E-state index contributed by atoms with van der Waals surface area (Å²) in [5.41, 5.74) is -0.844. The van der Waals surface area contributed by atoms with Crippen molar-refractivity contribution >= 4 is 47.8 Å². The number of carboxylic acids is 4. The Hall–Kier alpha value is -4.44. The molecule has 0 aromatic rings. The van der Waals surface area contributed by atoms with Gasteiger partial charge in [-0.3, -0.25) is 19.2 Å². The summed E-state index contributed by atoms with van der Waals surface area (Å²) < 4.78 is 8.04. The maximum Gasteiger partial charge on any atom is 0.343 e. The fourth-order valence-corrected chi connectivity index (χ4v) is 1.47. The summed E-state index contributed by atoms with van der Waals surface area (Å²) in [6.07, 6.45) is -7.40. The van der Waals surface area contributed by atoms with E-state index in [1.165, 1.54) is 0 Å². The average Bonchev–Trinajstić information content (AvgIpc) is 2.65. The van der Waals surface area contributed by atoms with Gasteiger partial charge in [0.1, 0.15) is 0 Å². The minimum atomic E-state index is -2.06. The quantitative estimate of drug-likeness (QED) is 0.0961. The molecule has 0 aromatic heterocycles. The van der Waals surface area contributed by atoms with Crippen LogP contribution in [0.15, 0.2) is 24.3 Å². The van der Waals surface area contributed by atoms with Crippen LogP contribution in [0, 0.1) is 0 Å². The summed E-state index contributed by atoms with van der Waals surface area (Å²) in [4.78, 5) is 84.6. The Morgan fingerprint density at radius 1 is 0.559 bits per heavy atom. The second kappa shape index (κ2) is 15.4. The largest absolute Gasteiger partial charge is 0.481 e. The number of aliphatic carboxylic acids is 4. The minimum Gasteiger partial charge on any atom is -0.481 e. The molecule has 0 heterocycles. The molecule has 2 atom stereocenters. The first-order valence-corrected chi connectivity index (χ1v) is 8.58. The summed E-state index contributed by atoms with van der Waals surface area (Å²) in [6, 6.07) is 0. The van der Waals surface area contributed by atoms with E-state index in [1.54, 1.807) is 0 Å². The zero-order valence-electron chi connectivity index (χ0n) is 17.2. The molecule has 16 heteroatoms. The SMILES string of the molecule is C=C(CC(=O)O)C(=O)OC(=O)C(=C)CC(=O)O.O=C(O)CC(O)C(=O)OC(=O)C(O)CC(=O)O. The van der Waals surface area contributed by atoms with Crippen LogP contribution in [0.5, 0.6) is 0 Å². The number of hydrogen-bond acceptors (Lipinski definition) is 12. The Labute approximate surface area is 189 Å². The van der Waals surface area contributed by atoms with Gasteiger partial charge < -0.3 is 40.1 Å². The van der Waals surface area contributed by atoms with E-state index in [4.69, 9.17) is 30.6 Å². The first-order chi connectivity index (χ1) is 15.5. The molecule has 6 N–H and O–H groups in total. The number of esters is 4. The molecule has 2 unspecified atom stereocenters. The topological polar surface area (TPSA) is 276 Å². The van der Waals surface area contributed by atoms with Crippen LogP contribution in [0.25, 0.3) is 0 Å². The lowest BCUT2D eigenvalue weighted by molar-refractivity contribution is -0.174. The van der Waals surface area contributed by atoms with Crippen LogP contribution in [0.2, 0.25) is 0 Å². The molecule has 0 rings (SSSR count). The third-order valence-corrected chi connectivity index (χ3v) is 2.97. The fourth-order valence-electron chi connectivity index (χ4n) is 1.47. The van der Waals surface area contributed by atoms with E-state index in [0.29, 0.717) is 0 Å². The van der Waals surface area contributed by atoms with Crippen molar-refractivity contribution in [1.29, 1.82) is 0 Å². The summed E-state index contributed by atoms with van der Waals surface area (Å²) in [7, 11) is 0. The zero-order valence-corrected chi connectivity index (χ0v) is 17.2. The van der Waals surface area contributed by atoms with Crippen LogP contribution >= 0.6 is 0 Å². The Kier molecular flexibility index (Phi) is 14.4.